The average molecular weight is 464 g/mol. The van der Waals surface area contributed by atoms with Crippen LogP contribution in [0.2, 0.25) is 0 Å². The van der Waals surface area contributed by atoms with Crippen LogP contribution < -0.4 is 15.4 Å². The van der Waals surface area contributed by atoms with Crippen molar-refractivity contribution in [1.29, 1.82) is 0 Å². The first-order chi connectivity index (χ1) is 15.6. The Balaban J connectivity index is 2.05. The van der Waals surface area contributed by atoms with Crippen molar-refractivity contribution in [3.8, 4) is 5.75 Å². The van der Waals surface area contributed by atoms with Crippen molar-refractivity contribution in [2.45, 2.75) is 51.2 Å². The number of ether oxygens (including phenoxy) is 1. The molecule has 1 fully saturated rings. The molecule has 1 aromatic carbocycles. The minimum atomic E-state index is -2.06. The van der Waals surface area contributed by atoms with E-state index in [-0.39, 0.29) is 18.6 Å². The molecule has 0 bridgehead atoms. The molecule has 33 heavy (non-hydrogen) atoms. The van der Waals surface area contributed by atoms with E-state index in [4.69, 9.17) is 20.1 Å². The van der Waals surface area contributed by atoms with E-state index in [0.717, 1.165) is 19.3 Å². The number of unbranched alkanes of at least 4 members (excludes halogenated alkanes) is 2. The highest BCUT2D eigenvalue weighted by molar-refractivity contribution is 5.96. The molecule has 11 nitrogen and oxygen atoms in total. The molecule has 1 aromatic rings. The van der Waals surface area contributed by atoms with Crippen LogP contribution in [0.15, 0.2) is 24.3 Å². The highest BCUT2D eigenvalue weighted by Crippen LogP contribution is 2.38. The van der Waals surface area contributed by atoms with Gasteiger partial charge in [-0.05, 0) is 30.5 Å². The van der Waals surface area contributed by atoms with Gasteiger partial charge in [-0.2, -0.15) is 0 Å². The van der Waals surface area contributed by atoms with Crippen LogP contribution in [0.25, 0.3) is 0 Å². The van der Waals surface area contributed by atoms with Gasteiger partial charge in [-0.15, -0.1) is 0 Å². The number of amides is 2. The lowest BCUT2D eigenvalue weighted by molar-refractivity contribution is -0.159. The topological polar surface area (TPSA) is 179 Å². The zero-order valence-corrected chi connectivity index (χ0v) is 18.2. The Kier molecular flexibility index (Phi) is 9.19. The van der Waals surface area contributed by atoms with E-state index in [1.54, 1.807) is 0 Å². The number of benzene rings is 1. The van der Waals surface area contributed by atoms with Crippen LogP contribution >= 0.6 is 0 Å². The van der Waals surface area contributed by atoms with Crippen molar-refractivity contribution in [3.05, 3.63) is 29.8 Å². The molecule has 1 aliphatic rings. The van der Waals surface area contributed by atoms with Gasteiger partial charge in [-0.25, -0.2) is 9.59 Å². The average Bonchev–Trinajstić information content (AvgIpc) is 3.56. The molecule has 0 saturated heterocycles. The van der Waals surface area contributed by atoms with E-state index in [1.165, 1.54) is 24.3 Å². The molecule has 11 heteroatoms. The molecule has 0 aliphatic heterocycles. The number of carbonyl (C=O) groups excluding carboxylic acids is 2. The minimum Gasteiger partial charge on any atom is -0.481 e. The third-order valence-corrected chi connectivity index (χ3v) is 5.22. The maximum absolute atomic E-state index is 12.7. The molecule has 0 spiro atoms. The summed E-state index contributed by atoms with van der Waals surface area (Å²) in [4.78, 5) is 58.0. The summed E-state index contributed by atoms with van der Waals surface area (Å²) in [5.41, 5.74) is 0.601. The molecule has 1 aliphatic carbocycles. The molecule has 5 N–H and O–H groups in total. The van der Waals surface area contributed by atoms with Crippen molar-refractivity contribution in [2.75, 3.05) is 6.54 Å². The zero-order valence-electron chi connectivity index (χ0n) is 18.2. The van der Waals surface area contributed by atoms with Crippen LogP contribution in [0.5, 0.6) is 5.75 Å². The summed E-state index contributed by atoms with van der Waals surface area (Å²) in [6.07, 6.45) is 0.969. The fourth-order valence-corrected chi connectivity index (χ4v) is 3.24. The second-order valence-corrected chi connectivity index (χ2v) is 7.87. The van der Waals surface area contributed by atoms with Gasteiger partial charge in [0.25, 0.3) is 6.10 Å². The van der Waals surface area contributed by atoms with Gasteiger partial charge in [-0.1, -0.05) is 31.9 Å². The van der Waals surface area contributed by atoms with Crippen LogP contribution in [0.1, 0.15) is 38.2 Å². The SMILES string of the molecule is CCCCCNC(=O)C(Cc1ccc(OC(C(=O)O)C(=O)O)cc1)NC(=O)[C@H]1C[C@@H]1C(=O)O. The Morgan fingerprint density at radius 2 is 1.64 bits per heavy atom. The Bertz CT molecular complexity index is 870. The Hall–Kier alpha value is -3.63. The normalized spacial score (nSPS) is 17.6. The third-order valence-electron chi connectivity index (χ3n) is 5.22. The summed E-state index contributed by atoms with van der Waals surface area (Å²) in [7, 11) is 0. The van der Waals surface area contributed by atoms with Gasteiger partial charge in [0, 0.05) is 13.0 Å². The Morgan fingerprint density at radius 1 is 1.00 bits per heavy atom. The van der Waals surface area contributed by atoms with Crippen LogP contribution in [-0.2, 0) is 30.4 Å². The standard InChI is InChI=1S/C22H28N2O9/c1-2-3-4-9-23-19(26)16(24-18(25)14-11-15(14)20(27)28)10-12-5-7-13(8-6-12)33-17(21(29)30)22(31)32/h5-8,14-17H,2-4,9-11H2,1H3,(H,23,26)(H,24,25)(H,27,28)(H,29,30)(H,31,32)/t14-,15-,16?/m0/s1. The first kappa shape index (κ1) is 25.6. The van der Waals surface area contributed by atoms with Gasteiger partial charge in [0.1, 0.15) is 11.8 Å². The van der Waals surface area contributed by atoms with Crippen LogP contribution in [0.3, 0.4) is 0 Å². The molecular formula is C22H28N2O9. The zero-order chi connectivity index (χ0) is 24.5. The fraction of sp³-hybridized carbons (Fsp3) is 0.500. The lowest BCUT2D eigenvalue weighted by Gasteiger charge is -2.19. The van der Waals surface area contributed by atoms with Gasteiger partial charge < -0.3 is 30.7 Å². The van der Waals surface area contributed by atoms with E-state index in [2.05, 4.69) is 10.6 Å². The molecule has 0 radical (unpaired) electrons. The van der Waals surface area contributed by atoms with Crippen molar-refractivity contribution in [3.63, 3.8) is 0 Å². The molecule has 2 amide bonds. The van der Waals surface area contributed by atoms with Crippen LogP contribution in [0.4, 0.5) is 0 Å². The van der Waals surface area contributed by atoms with Gasteiger partial charge in [-0.3, -0.25) is 14.4 Å². The van der Waals surface area contributed by atoms with Crippen molar-refractivity contribution >= 4 is 29.7 Å². The number of carbonyl (C=O) groups is 5. The van der Waals surface area contributed by atoms with E-state index in [9.17, 15) is 24.0 Å². The number of carboxylic acid groups (broad SMARTS) is 3. The molecule has 1 unspecified atom stereocenters. The summed E-state index contributed by atoms with van der Waals surface area (Å²) >= 11 is 0. The number of hydrogen-bond acceptors (Lipinski definition) is 6. The maximum Gasteiger partial charge on any atom is 0.356 e. The van der Waals surface area contributed by atoms with Crippen molar-refractivity contribution < 1.29 is 44.0 Å². The molecule has 1 saturated carbocycles. The van der Waals surface area contributed by atoms with Crippen LogP contribution in [0, 0.1) is 11.8 Å². The van der Waals surface area contributed by atoms with Gasteiger partial charge >= 0.3 is 17.9 Å². The molecule has 180 valence electrons. The molecule has 0 aromatic heterocycles. The number of aliphatic carboxylic acids is 3. The first-order valence-corrected chi connectivity index (χ1v) is 10.7. The van der Waals surface area contributed by atoms with E-state index in [0.29, 0.717) is 12.1 Å². The van der Waals surface area contributed by atoms with Crippen molar-refractivity contribution in [1.82, 2.24) is 10.6 Å². The van der Waals surface area contributed by atoms with Crippen molar-refractivity contribution in [2.24, 2.45) is 11.8 Å². The summed E-state index contributed by atoms with van der Waals surface area (Å²) in [5.74, 6) is -6.63. The predicted molar refractivity (Wildman–Crippen MR) is 114 cm³/mol. The van der Waals surface area contributed by atoms with Gasteiger partial charge in [0.2, 0.25) is 11.8 Å². The Morgan fingerprint density at radius 3 is 2.15 bits per heavy atom. The molecule has 0 heterocycles. The highest BCUT2D eigenvalue weighted by Gasteiger charge is 2.48. The molecule has 3 atom stereocenters. The monoisotopic (exact) mass is 464 g/mol. The minimum absolute atomic E-state index is 0.0143. The second kappa shape index (κ2) is 11.8. The largest absolute Gasteiger partial charge is 0.481 e. The number of carboxylic acids is 3. The van der Waals surface area contributed by atoms with Gasteiger partial charge in [0.15, 0.2) is 0 Å². The highest BCUT2D eigenvalue weighted by atomic mass is 16.5. The quantitative estimate of drug-likeness (QED) is 0.195. The van der Waals surface area contributed by atoms with E-state index < -0.39 is 53.7 Å². The molecule has 2 rings (SSSR count). The second-order valence-electron chi connectivity index (χ2n) is 7.87. The fourth-order valence-electron chi connectivity index (χ4n) is 3.24. The summed E-state index contributed by atoms with van der Waals surface area (Å²) < 4.78 is 4.96. The van der Waals surface area contributed by atoms with E-state index >= 15 is 0 Å². The van der Waals surface area contributed by atoms with Gasteiger partial charge in [0.05, 0.1) is 11.8 Å². The smallest absolute Gasteiger partial charge is 0.356 e. The summed E-state index contributed by atoms with van der Waals surface area (Å²) in [5, 5.41) is 32.2. The number of hydrogen-bond donors (Lipinski definition) is 5. The van der Waals surface area contributed by atoms with Crippen LogP contribution in [-0.4, -0.2) is 63.7 Å². The molecular weight excluding hydrogens is 436 g/mol. The van der Waals surface area contributed by atoms with E-state index in [1.807, 2.05) is 6.92 Å². The number of nitrogens with one attached hydrogen (secondary N) is 2. The number of rotatable bonds is 14. The third kappa shape index (κ3) is 7.78. The summed E-state index contributed by atoms with van der Waals surface area (Å²) in [6.45, 7) is 2.47. The summed E-state index contributed by atoms with van der Waals surface area (Å²) in [6, 6.07) is 4.85. The first-order valence-electron chi connectivity index (χ1n) is 10.7. The maximum atomic E-state index is 12.7. The Labute approximate surface area is 190 Å². The predicted octanol–water partition coefficient (Wildman–Crippen LogP) is 0.658. The lowest BCUT2D eigenvalue weighted by atomic mass is 10.0. The lowest BCUT2D eigenvalue weighted by Crippen LogP contribution is -2.49.